The molecular formula is C38H63NO2. The molecule has 0 radical (unpaired) electrons. The van der Waals surface area contributed by atoms with E-state index in [4.69, 9.17) is 4.74 Å². The summed E-state index contributed by atoms with van der Waals surface area (Å²) >= 11 is 0. The van der Waals surface area contributed by atoms with Crippen LogP contribution in [0.15, 0.2) is 73.1 Å². The molecule has 0 aliphatic carbocycles. The van der Waals surface area contributed by atoms with Crippen LogP contribution in [0.4, 0.5) is 0 Å². The highest BCUT2D eigenvalue weighted by molar-refractivity contribution is 5.80. The van der Waals surface area contributed by atoms with Gasteiger partial charge in [0.1, 0.15) is 11.5 Å². The summed E-state index contributed by atoms with van der Waals surface area (Å²) in [5.74, 6) is 1.81. The Morgan fingerprint density at radius 3 is 1.73 bits per heavy atom. The number of rotatable bonds is 8. The molecule has 0 heterocycles. The van der Waals surface area contributed by atoms with Gasteiger partial charge in [0.2, 0.25) is 0 Å². The molecule has 0 fully saturated rings. The molecule has 0 N–H and O–H groups in total. The molecule has 0 amide bonds. The van der Waals surface area contributed by atoms with Crippen LogP contribution in [0.3, 0.4) is 0 Å². The topological polar surface area (TPSA) is 29.5 Å². The van der Waals surface area contributed by atoms with Crippen molar-refractivity contribution >= 4 is 5.78 Å². The van der Waals surface area contributed by atoms with Crippen LogP contribution in [0, 0.1) is 5.41 Å². The predicted molar refractivity (Wildman–Crippen MR) is 183 cm³/mol. The van der Waals surface area contributed by atoms with E-state index >= 15 is 0 Å². The lowest BCUT2D eigenvalue weighted by Crippen LogP contribution is -2.15. The van der Waals surface area contributed by atoms with E-state index < -0.39 is 0 Å². The molecule has 41 heavy (non-hydrogen) atoms. The summed E-state index contributed by atoms with van der Waals surface area (Å²) in [4.78, 5) is 12.5. The molecule has 0 saturated carbocycles. The van der Waals surface area contributed by atoms with Crippen molar-refractivity contribution < 1.29 is 9.53 Å². The van der Waals surface area contributed by atoms with Crippen molar-refractivity contribution in [1.82, 2.24) is 4.90 Å². The van der Waals surface area contributed by atoms with E-state index in [0.29, 0.717) is 5.92 Å². The summed E-state index contributed by atoms with van der Waals surface area (Å²) in [6.07, 6.45) is 8.65. The first-order valence-corrected chi connectivity index (χ1v) is 15.3. The zero-order valence-electron chi connectivity index (χ0n) is 29.2. The van der Waals surface area contributed by atoms with Gasteiger partial charge in [-0.2, -0.15) is 0 Å². The molecule has 0 bridgehead atoms. The number of Topliss-reactive ketones (excluding diaryl/α,β-unsaturated/α-hetero) is 1. The second kappa shape index (κ2) is 21.0. The van der Waals surface area contributed by atoms with Gasteiger partial charge in [-0.3, -0.25) is 4.79 Å². The number of carbonyl (C=O) groups excluding carboxylic acids is 1. The van der Waals surface area contributed by atoms with Gasteiger partial charge >= 0.3 is 0 Å². The van der Waals surface area contributed by atoms with E-state index in [9.17, 15) is 4.79 Å². The van der Waals surface area contributed by atoms with E-state index in [0.717, 1.165) is 30.7 Å². The number of benzene rings is 2. The maximum atomic E-state index is 10.5. The molecule has 0 saturated heterocycles. The van der Waals surface area contributed by atoms with Crippen LogP contribution in [-0.4, -0.2) is 24.8 Å². The molecule has 2 aromatic carbocycles. The Bertz CT molecular complexity index is 985. The molecule has 2 aromatic rings. The molecule has 2 rings (SSSR count). The Hall–Kier alpha value is -2.81. The Kier molecular flexibility index (Phi) is 20.6. The minimum atomic E-state index is -0.139. The van der Waals surface area contributed by atoms with Crippen molar-refractivity contribution in [2.45, 2.75) is 120 Å². The number of hydrogen-bond acceptors (Lipinski definition) is 3. The second-order valence-electron chi connectivity index (χ2n) is 12.8. The minimum absolute atomic E-state index is 0.139. The van der Waals surface area contributed by atoms with Crippen molar-refractivity contribution in [3.8, 4) is 5.75 Å². The number of ether oxygens (including phenoxy) is 1. The van der Waals surface area contributed by atoms with Crippen molar-refractivity contribution in [2.24, 2.45) is 5.41 Å². The maximum absolute atomic E-state index is 10.5. The fourth-order valence-corrected chi connectivity index (χ4v) is 3.07. The van der Waals surface area contributed by atoms with Gasteiger partial charge in [0.15, 0.2) is 0 Å². The molecule has 0 spiro atoms. The number of hydrogen-bond donors (Lipinski definition) is 0. The van der Waals surface area contributed by atoms with Crippen LogP contribution in [0.1, 0.15) is 125 Å². The summed E-state index contributed by atoms with van der Waals surface area (Å²) in [7, 11) is 3.72. The van der Waals surface area contributed by atoms with E-state index in [2.05, 4.69) is 116 Å². The Morgan fingerprint density at radius 2 is 1.41 bits per heavy atom. The standard InChI is InChI=1S/C13H20.C10H14O.C9H17N.C6H12O/c1-10(2)11-6-8-12(9-7-11)13(3,4)5;1-3-4-9-5-7-10(11-2)8-6-9;1-5-7-8-10(4)9(3)6-2;1-5(7)6(2,3)4/h6-10H,1-5H3;5-8H,3-4H2,1-2H3;7-8H,3,5-6H2,1-2,4H3;1-4H3/b;;8-7-;. The van der Waals surface area contributed by atoms with Crippen molar-refractivity contribution in [2.75, 3.05) is 14.2 Å². The number of nitrogens with zero attached hydrogens (tertiary/aromatic N) is 1. The van der Waals surface area contributed by atoms with Gasteiger partial charge in [-0.1, -0.05) is 132 Å². The number of ketones is 1. The van der Waals surface area contributed by atoms with Gasteiger partial charge in [0.05, 0.1) is 7.11 Å². The lowest BCUT2D eigenvalue weighted by molar-refractivity contribution is -0.124. The lowest BCUT2D eigenvalue weighted by Gasteiger charge is -2.19. The third-order valence-corrected chi connectivity index (χ3v) is 6.67. The number of aryl methyl sites for hydroxylation is 1. The average Bonchev–Trinajstić information content (AvgIpc) is 2.92. The van der Waals surface area contributed by atoms with Crippen LogP contribution in [-0.2, 0) is 16.6 Å². The smallest absolute Gasteiger partial charge is 0.135 e. The van der Waals surface area contributed by atoms with Crippen LogP contribution in [0.2, 0.25) is 0 Å². The molecule has 0 unspecified atom stereocenters. The molecule has 0 aliphatic heterocycles. The first kappa shape index (κ1) is 40.3. The first-order valence-electron chi connectivity index (χ1n) is 15.3. The summed E-state index contributed by atoms with van der Waals surface area (Å²) < 4.78 is 5.05. The summed E-state index contributed by atoms with van der Waals surface area (Å²) in [5.41, 5.74) is 5.51. The number of carbonyl (C=O) groups is 1. The fraction of sp³-hybridized carbons (Fsp3) is 0.553. The van der Waals surface area contributed by atoms with Crippen LogP contribution in [0.5, 0.6) is 5.75 Å². The summed E-state index contributed by atoms with van der Waals surface area (Å²) in [5, 5.41) is 0. The van der Waals surface area contributed by atoms with E-state index in [1.54, 1.807) is 14.0 Å². The maximum Gasteiger partial charge on any atom is 0.135 e. The highest BCUT2D eigenvalue weighted by Gasteiger charge is 2.15. The molecule has 3 nitrogen and oxygen atoms in total. The third kappa shape index (κ3) is 19.8. The zero-order chi connectivity index (χ0) is 32.2. The van der Waals surface area contributed by atoms with Gasteiger partial charge < -0.3 is 9.64 Å². The molecule has 0 atom stereocenters. The lowest BCUT2D eigenvalue weighted by atomic mass is 9.86. The van der Waals surface area contributed by atoms with Crippen molar-refractivity contribution in [3.63, 3.8) is 0 Å². The molecule has 0 aliphatic rings. The van der Waals surface area contributed by atoms with Gasteiger partial charge in [0, 0.05) is 18.2 Å². The van der Waals surface area contributed by atoms with Gasteiger partial charge in [-0.05, 0) is 72.5 Å². The van der Waals surface area contributed by atoms with Gasteiger partial charge in [0.25, 0.3) is 0 Å². The van der Waals surface area contributed by atoms with E-state index in [-0.39, 0.29) is 16.6 Å². The number of methoxy groups -OCH3 is 1. The van der Waals surface area contributed by atoms with E-state index in [1.165, 1.54) is 23.1 Å². The Balaban J connectivity index is 0. The summed E-state index contributed by atoms with van der Waals surface area (Å²) in [6.45, 7) is 28.9. The van der Waals surface area contributed by atoms with Crippen LogP contribution < -0.4 is 4.74 Å². The molecular weight excluding hydrogens is 502 g/mol. The predicted octanol–water partition coefficient (Wildman–Crippen LogP) is 11.1. The zero-order valence-corrected chi connectivity index (χ0v) is 29.2. The third-order valence-electron chi connectivity index (χ3n) is 6.67. The highest BCUT2D eigenvalue weighted by Crippen LogP contribution is 2.24. The highest BCUT2D eigenvalue weighted by atomic mass is 16.5. The Labute approximate surface area is 255 Å². The molecule has 0 aromatic heterocycles. The average molecular weight is 566 g/mol. The number of allylic oxidation sites excluding steroid dienone is 2. The largest absolute Gasteiger partial charge is 0.497 e. The van der Waals surface area contributed by atoms with Gasteiger partial charge in [-0.25, -0.2) is 0 Å². The Morgan fingerprint density at radius 1 is 0.927 bits per heavy atom. The quantitative estimate of drug-likeness (QED) is 0.319. The van der Waals surface area contributed by atoms with E-state index in [1.807, 2.05) is 40.0 Å². The minimum Gasteiger partial charge on any atom is -0.497 e. The van der Waals surface area contributed by atoms with Gasteiger partial charge in [-0.15, -0.1) is 0 Å². The second-order valence-corrected chi connectivity index (χ2v) is 12.8. The molecule has 3 heteroatoms. The van der Waals surface area contributed by atoms with Crippen molar-refractivity contribution in [1.29, 1.82) is 0 Å². The SMILES string of the molecule is C=C(CC)N(C)/C=C\CC.CC(=O)C(C)(C)C.CC(C)c1ccc(C(C)(C)C)cc1.CCCc1ccc(OC)cc1. The monoisotopic (exact) mass is 565 g/mol. The fourth-order valence-electron chi connectivity index (χ4n) is 3.07. The summed E-state index contributed by atoms with van der Waals surface area (Å²) in [6, 6.07) is 17.2. The van der Waals surface area contributed by atoms with Crippen LogP contribution in [0.25, 0.3) is 0 Å². The first-order chi connectivity index (χ1) is 18.9. The normalized spacial score (nSPS) is 10.9. The van der Waals surface area contributed by atoms with Crippen molar-refractivity contribution in [3.05, 3.63) is 89.8 Å². The molecule has 232 valence electrons. The van der Waals surface area contributed by atoms with Crippen LogP contribution >= 0.6 is 0 Å².